The second kappa shape index (κ2) is 16.4. The molecule has 0 N–H and O–H groups in total. The fourth-order valence-corrected chi connectivity index (χ4v) is 6.96. The van der Waals surface area contributed by atoms with E-state index in [0.717, 1.165) is 0 Å². The van der Waals surface area contributed by atoms with Crippen molar-refractivity contribution in [2.45, 2.75) is 0 Å². The first-order valence-electron chi connectivity index (χ1n) is 17.6. The molecule has 0 unspecified atom stereocenters. The Labute approximate surface area is 331 Å². The first-order valence-corrected chi connectivity index (χ1v) is 17.6. The topological polar surface area (TPSA) is 162 Å². The van der Waals surface area contributed by atoms with Gasteiger partial charge in [0.25, 0.3) is 11.4 Å². The molecule has 278 valence electrons. The lowest BCUT2D eigenvalue weighted by Crippen LogP contribution is -2.16. The maximum Gasteiger partial charge on any atom is 0.338 e. The van der Waals surface area contributed by atoms with Crippen molar-refractivity contribution < 1.29 is 38.1 Å². The Balaban J connectivity index is 0.899. The summed E-state index contributed by atoms with van der Waals surface area (Å²) < 4.78 is 21.4. The molecule has 0 radical (unpaired) electrons. The lowest BCUT2D eigenvalue weighted by molar-refractivity contribution is 0.0263. The molecule has 5 aromatic carbocycles. The van der Waals surface area contributed by atoms with E-state index >= 15 is 0 Å². The Morgan fingerprint density at radius 2 is 0.776 bits per heavy atom. The minimum atomic E-state index is -0.717. The largest absolute Gasteiger partial charge is 0.458 e. The Morgan fingerprint density at radius 1 is 0.448 bits per heavy atom. The van der Waals surface area contributed by atoms with Gasteiger partial charge in [0.1, 0.15) is 26.4 Å². The van der Waals surface area contributed by atoms with E-state index in [1.165, 1.54) is 24.3 Å². The van der Waals surface area contributed by atoms with Gasteiger partial charge in [-0.3, -0.25) is 0 Å². The van der Waals surface area contributed by atoms with Gasteiger partial charge in [0.05, 0.1) is 47.5 Å². The quantitative estimate of drug-likeness (QED) is 0.0438. The molecule has 12 nitrogen and oxygen atoms in total. The zero-order valence-corrected chi connectivity index (χ0v) is 30.3. The van der Waals surface area contributed by atoms with Gasteiger partial charge in [-0.15, -0.1) is 0 Å². The Morgan fingerprint density at radius 3 is 1.12 bits per heavy atom. The highest BCUT2D eigenvalue weighted by atomic mass is 16.6. The summed E-state index contributed by atoms with van der Waals surface area (Å²) in [5, 5.41) is 19.2. The van der Waals surface area contributed by atoms with E-state index in [9.17, 15) is 29.7 Å². The molecule has 0 aromatic heterocycles. The van der Waals surface area contributed by atoms with Crippen LogP contribution in [0.5, 0.6) is 0 Å². The van der Waals surface area contributed by atoms with E-state index in [2.05, 4.69) is 9.69 Å². The number of rotatable bonds is 10. The van der Waals surface area contributed by atoms with Crippen LogP contribution in [0.4, 0.5) is 0 Å². The summed E-state index contributed by atoms with van der Waals surface area (Å²) in [6.45, 7) is 13.9. The number of benzene rings is 5. The van der Waals surface area contributed by atoms with Gasteiger partial charge in [0.2, 0.25) is 0 Å². The van der Waals surface area contributed by atoms with Crippen LogP contribution >= 0.6 is 0 Å². The number of ether oxygens (including phenoxy) is 4. The van der Waals surface area contributed by atoms with Gasteiger partial charge in [-0.1, -0.05) is 72.8 Å². The molecular weight excluding hydrogens is 737 g/mol. The highest BCUT2D eigenvalue weighted by Crippen LogP contribution is 2.48. The van der Waals surface area contributed by atoms with Crippen LogP contribution in [0.15, 0.2) is 121 Å². The van der Waals surface area contributed by atoms with Crippen LogP contribution in [0.2, 0.25) is 0 Å². The number of hydrogen-bond donors (Lipinski definition) is 0. The lowest BCUT2D eigenvalue weighted by Gasteiger charge is -2.11. The number of hydrogen-bond acceptors (Lipinski definition) is 10. The molecule has 0 spiro atoms. The molecule has 0 bridgehead atoms. The third-order valence-electron chi connectivity index (χ3n) is 9.40. The molecule has 0 fully saturated rings. The van der Waals surface area contributed by atoms with E-state index in [1.54, 1.807) is 84.9 Å². The normalized spacial score (nSPS) is 13.0. The summed E-state index contributed by atoms with van der Waals surface area (Å²) in [5.41, 5.74) is 6.45. The molecule has 2 aliphatic carbocycles. The Hall–Kier alpha value is -8.58. The van der Waals surface area contributed by atoms with Crippen molar-refractivity contribution in [3.8, 4) is 34.4 Å². The first-order chi connectivity index (χ1) is 28.3. The fraction of sp³-hybridized carbons (Fsp3) is 0.0870. The third kappa shape index (κ3) is 6.93. The van der Waals surface area contributed by atoms with Gasteiger partial charge in [0.15, 0.2) is 0 Å². The van der Waals surface area contributed by atoms with Crippen LogP contribution in [0.3, 0.4) is 0 Å². The number of carbonyl (C=O) groups excluding carboxylic acids is 4. The van der Waals surface area contributed by atoms with Crippen LogP contribution in [0, 0.1) is 35.8 Å². The summed E-state index contributed by atoms with van der Waals surface area (Å²) in [6.07, 6.45) is 0. The standard InChI is InChI=1S/C46H26N4O8/c1-49-37(25-47)41-31-11-5-3-9-29(31)39-33(41)13-7-15-35(39)45(53)57-23-21-55-43(51)27-17-19-28(20-18-27)44(52)56-22-24-58-46(54)36-16-8-14-34-40(36)30-10-4-6-12-32(30)42(34)38(26-48)50-2/h3-20H,21-24H2. The van der Waals surface area contributed by atoms with Crippen LogP contribution in [-0.2, 0) is 18.9 Å². The smallest absolute Gasteiger partial charge is 0.338 e. The van der Waals surface area contributed by atoms with Gasteiger partial charge in [-0.2, -0.15) is 0 Å². The molecule has 0 saturated carbocycles. The number of nitrogens with zero attached hydrogens (tertiary/aromatic N) is 4. The van der Waals surface area contributed by atoms with Gasteiger partial charge < -0.3 is 18.9 Å². The number of carbonyl (C=O) groups is 4. The molecular formula is C46H26N4O8. The van der Waals surface area contributed by atoms with Crippen molar-refractivity contribution in [1.82, 2.24) is 0 Å². The molecule has 0 atom stereocenters. The Bertz CT molecular complexity index is 2580. The highest BCUT2D eigenvalue weighted by Gasteiger charge is 2.32. The van der Waals surface area contributed by atoms with Crippen LogP contribution in [0.1, 0.15) is 63.7 Å². The number of fused-ring (bicyclic) bond motifs is 6. The molecule has 7 rings (SSSR count). The zero-order chi connectivity index (χ0) is 40.8. The second-order valence-electron chi connectivity index (χ2n) is 12.6. The highest BCUT2D eigenvalue weighted by molar-refractivity contribution is 6.11. The van der Waals surface area contributed by atoms with Crippen molar-refractivity contribution in [1.29, 1.82) is 10.5 Å². The average Bonchev–Trinajstić information content (AvgIpc) is 3.78. The lowest BCUT2D eigenvalue weighted by atomic mass is 9.99. The zero-order valence-electron chi connectivity index (χ0n) is 30.3. The number of allylic oxidation sites excluding steroid dienone is 2. The maximum atomic E-state index is 13.2. The third-order valence-corrected chi connectivity index (χ3v) is 9.40. The van der Waals surface area contributed by atoms with Crippen molar-refractivity contribution >= 4 is 35.0 Å². The van der Waals surface area contributed by atoms with Crippen molar-refractivity contribution in [2.24, 2.45) is 0 Å². The SMILES string of the molecule is [C-]#[N+]C(C#N)=C1c2ccccc2-c2c(C(=O)OCCOC(=O)c3ccc(C(=O)OCCOC(=O)c4cccc5c4-c4ccccc4C5=C(C#N)[N+]#[C-])cc3)cccc21. The molecule has 0 heterocycles. The summed E-state index contributed by atoms with van der Waals surface area (Å²) >= 11 is 0. The van der Waals surface area contributed by atoms with Crippen LogP contribution in [0.25, 0.3) is 43.1 Å². The average molecular weight is 763 g/mol. The van der Waals surface area contributed by atoms with Crippen LogP contribution < -0.4 is 0 Å². The van der Waals surface area contributed by atoms with E-state index in [0.29, 0.717) is 55.7 Å². The Kier molecular flexibility index (Phi) is 10.7. The number of esters is 4. The summed E-state index contributed by atoms with van der Waals surface area (Å²) in [6, 6.07) is 33.7. The molecule has 0 amide bonds. The van der Waals surface area contributed by atoms with Crippen molar-refractivity contribution in [3.63, 3.8) is 0 Å². The van der Waals surface area contributed by atoms with E-state index < -0.39 is 23.9 Å². The van der Waals surface area contributed by atoms with E-state index in [-0.39, 0.29) is 60.1 Å². The summed E-state index contributed by atoms with van der Waals surface area (Å²) in [5.74, 6) is -2.77. The maximum absolute atomic E-state index is 13.2. The van der Waals surface area contributed by atoms with Crippen molar-refractivity contribution in [3.05, 3.63) is 188 Å². The fourth-order valence-electron chi connectivity index (χ4n) is 6.96. The predicted octanol–water partition coefficient (Wildman–Crippen LogP) is 8.08. The second-order valence-corrected chi connectivity index (χ2v) is 12.6. The molecule has 2 aliphatic rings. The van der Waals surface area contributed by atoms with Gasteiger partial charge in [0, 0.05) is 22.3 Å². The summed E-state index contributed by atoms with van der Waals surface area (Å²) in [4.78, 5) is 58.5. The molecule has 5 aromatic rings. The molecule has 58 heavy (non-hydrogen) atoms. The molecule has 0 saturated heterocycles. The summed E-state index contributed by atoms with van der Waals surface area (Å²) in [7, 11) is 0. The molecule has 12 heteroatoms. The minimum Gasteiger partial charge on any atom is -0.458 e. The first kappa shape index (κ1) is 37.7. The number of nitriles is 2. The monoisotopic (exact) mass is 762 g/mol. The molecule has 0 aliphatic heterocycles. The van der Waals surface area contributed by atoms with Crippen LogP contribution in [-0.4, -0.2) is 50.3 Å². The predicted molar refractivity (Wildman–Crippen MR) is 208 cm³/mol. The van der Waals surface area contributed by atoms with Gasteiger partial charge in [-0.25, -0.2) is 39.4 Å². The van der Waals surface area contributed by atoms with E-state index in [1.807, 2.05) is 12.1 Å². The van der Waals surface area contributed by atoms with Gasteiger partial charge >= 0.3 is 23.9 Å². The van der Waals surface area contributed by atoms with E-state index in [4.69, 9.17) is 32.1 Å². The van der Waals surface area contributed by atoms with Crippen molar-refractivity contribution in [2.75, 3.05) is 26.4 Å². The van der Waals surface area contributed by atoms with Gasteiger partial charge in [-0.05, 0) is 69.8 Å². The minimum absolute atomic E-state index is 0.0872.